The molecule has 5 heteroatoms. The maximum Gasteiger partial charge on any atom is 0.0554 e. The quantitative estimate of drug-likeness (QED) is 0.756. The summed E-state index contributed by atoms with van der Waals surface area (Å²) in [5.74, 6) is 1.25. The van der Waals surface area contributed by atoms with Gasteiger partial charge in [0.25, 0.3) is 0 Å². The maximum absolute atomic E-state index is 3.76. The molecule has 1 aliphatic heterocycles. The van der Waals surface area contributed by atoms with E-state index in [1.54, 1.807) is 0 Å². The molecule has 0 bridgehead atoms. The van der Waals surface area contributed by atoms with Crippen LogP contribution in [0.15, 0.2) is 15.9 Å². The fourth-order valence-corrected chi connectivity index (χ4v) is 7.15. The largest absolute Gasteiger partial charge is 0.308 e. The lowest BCUT2D eigenvalue weighted by Gasteiger charge is -2.36. The van der Waals surface area contributed by atoms with Crippen molar-refractivity contribution >= 4 is 50.8 Å². The summed E-state index contributed by atoms with van der Waals surface area (Å²) in [7, 11) is 0. The van der Waals surface area contributed by atoms with Crippen LogP contribution in [0, 0.1) is 0 Å². The Bertz CT molecular complexity index is 396. The summed E-state index contributed by atoms with van der Waals surface area (Å²) in [4.78, 5) is 1.47. The third-order valence-corrected chi connectivity index (χ3v) is 8.94. The minimum Gasteiger partial charge on any atom is -0.308 e. The van der Waals surface area contributed by atoms with E-state index in [1.165, 1.54) is 21.5 Å². The third kappa shape index (κ3) is 4.16. The minimum atomic E-state index is 0.488. The average Bonchev–Trinajstić information content (AvgIpc) is 2.80. The highest BCUT2D eigenvalue weighted by atomic mass is 79.9. The lowest BCUT2D eigenvalue weighted by molar-refractivity contribution is 0.533. The summed E-state index contributed by atoms with van der Waals surface area (Å²) in [5.41, 5.74) is 0. The van der Waals surface area contributed by atoms with Crippen molar-refractivity contribution in [3.05, 3.63) is 20.8 Å². The number of hydrogen-bond donors (Lipinski definition) is 1. The maximum atomic E-state index is 3.76. The number of thioether (sulfide) groups is 2. The fraction of sp³-hybridized carbons (Fsp3) is 0.714. The van der Waals surface area contributed by atoms with E-state index in [1.807, 2.05) is 11.3 Å². The number of rotatable bonds is 5. The SMILES string of the molecule is CCCNC(c1sccc1Br)C1CSC(C)C(C)S1. The van der Waals surface area contributed by atoms with Gasteiger partial charge < -0.3 is 5.32 Å². The molecule has 1 fully saturated rings. The van der Waals surface area contributed by atoms with Gasteiger partial charge in [0, 0.05) is 30.9 Å². The van der Waals surface area contributed by atoms with Crippen LogP contribution >= 0.6 is 50.8 Å². The van der Waals surface area contributed by atoms with Gasteiger partial charge in [0.05, 0.1) is 6.04 Å². The Balaban J connectivity index is 2.11. The number of hydrogen-bond acceptors (Lipinski definition) is 4. The first-order valence-electron chi connectivity index (χ1n) is 6.86. The normalized spacial score (nSPS) is 29.4. The smallest absolute Gasteiger partial charge is 0.0554 e. The second-order valence-electron chi connectivity index (χ2n) is 4.98. The molecular weight excluding hydrogens is 358 g/mol. The van der Waals surface area contributed by atoms with Crippen LogP contribution in [-0.4, -0.2) is 28.0 Å². The Morgan fingerprint density at radius 2 is 2.21 bits per heavy atom. The summed E-state index contributed by atoms with van der Waals surface area (Å²) < 4.78 is 1.27. The van der Waals surface area contributed by atoms with E-state index < -0.39 is 0 Å². The molecular formula is C14H22BrNS3. The molecule has 4 unspecified atom stereocenters. The average molecular weight is 380 g/mol. The van der Waals surface area contributed by atoms with Gasteiger partial charge in [0.1, 0.15) is 0 Å². The van der Waals surface area contributed by atoms with Crippen LogP contribution in [0.1, 0.15) is 38.1 Å². The second kappa shape index (κ2) is 7.74. The van der Waals surface area contributed by atoms with E-state index in [0.29, 0.717) is 11.3 Å². The summed E-state index contributed by atoms with van der Waals surface area (Å²) in [6.45, 7) is 8.06. The van der Waals surface area contributed by atoms with Crippen LogP contribution in [0.2, 0.25) is 0 Å². The van der Waals surface area contributed by atoms with Crippen LogP contribution in [0.4, 0.5) is 0 Å². The predicted octanol–water partition coefficient (Wildman–Crippen LogP) is 5.18. The molecule has 1 nitrogen and oxygen atoms in total. The van der Waals surface area contributed by atoms with E-state index in [9.17, 15) is 0 Å². The highest BCUT2D eigenvalue weighted by molar-refractivity contribution is 9.10. The van der Waals surface area contributed by atoms with Crippen molar-refractivity contribution in [3.8, 4) is 0 Å². The Morgan fingerprint density at radius 1 is 1.42 bits per heavy atom. The van der Waals surface area contributed by atoms with E-state index in [2.05, 4.69) is 77.0 Å². The van der Waals surface area contributed by atoms with E-state index in [0.717, 1.165) is 17.0 Å². The first-order chi connectivity index (χ1) is 9.13. The first kappa shape index (κ1) is 16.2. The Morgan fingerprint density at radius 3 is 2.79 bits per heavy atom. The van der Waals surface area contributed by atoms with Crippen LogP contribution in [0.3, 0.4) is 0 Å². The number of thiophene rings is 1. The lowest BCUT2D eigenvalue weighted by atomic mass is 10.1. The molecule has 1 aromatic rings. The summed E-state index contributed by atoms with van der Waals surface area (Å²) in [6, 6.07) is 2.66. The van der Waals surface area contributed by atoms with Gasteiger partial charge >= 0.3 is 0 Å². The summed E-state index contributed by atoms with van der Waals surface area (Å²) in [6.07, 6.45) is 1.19. The zero-order valence-electron chi connectivity index (χ0n) is 11.7. The fourth-order valence-electron chi connectivity index (χ4n) is 2.20. The van der Waals surface area contributed by atoms with Crippen molar-refractivity contribution < 1.29 is 0 Å². The topological polar surface area (TPSA) is 12.0 Å². The molecule has 0 aliphatic carbocycles. The van der Waals surface area contributed by atoms with Gasteiger partial charge in [-0.3, -0.25) is 0 Å². The monoisotopic (exact) mass is 379 g/mol. The molecule has 2 rings (SSSR count). The molecule has 1 N–H and O–H groups in total. The summed E-state index contributed by atoms with van der Waals surface area (Å²) in [5, 5.41) is 8.15. The third-order valence-electron chi connectivity index (χ3n) is 3.49. The summed E-state index contributed by atoms with van der Waals surface area (Å²) >= 11 is 9.87. The van der Waals surface area contributed by atoms with E-state index >= 15 is 0 Å². The van der Waals surface area contributed by atoms with Crippen molar-refractivity contribution in [2.45, 2.75) is 49.0 Å². The second-order valence-corrected chi connectivity index (χ2v) is 9.82. The van der Waals surface area contributed by atoms with Gasteiger partial charge in [0.15, 0.2) is 0 Å². The highest BCUT2D eigenvalue weighted by Gasteiger charge is 2.33. The van der Waals surface area contributed by atoms with Crippen LogP contribution in [0.25, 0.3) is 0 Å². The van der Waals surface area contributed by atoms with Crippen molar-refractivity contribution in [2.75, 3.05) is 12.3 Å². The lowest BCUT2D eigenvalue weighted by Crippen LogP contribution is -2.37. The molecule has 2 heterocycles. The number of nitrogens with one attached hydrogen (secondary N) is 1. The molecule has 19 heavy (non-hydrogen) atoms. The van der Waals surface area contributed by atoms with Gasteiger partial charge in [0.2, 0.25) is 0 Å². The molecule has 1 saturated heterocycles. The molecule has 0 amide bonds. The van der Waals surface area contributed by atoms with Crippen LogP contribution in [0.5, 0.6) is 0 Å². The minimum absolute atomic E-state index is 0.488. The van der Waals surface area contributed by atoms with Crippen molar-refractivity contribution in [2.24, 2.45) is 0 Å². The van der Waals surface area contributed by atoms with Gasteiger partial charge in [-0.15, -0.1) is 11.3 Å². The molecule has 0 spiro atoms. The Hall–Kier alpha value is 0.840. The highest BCUT2D eigenvalue weighted by Crippen LogP contribution is 2.43. The van der Waals surface area contributed by atoms with Crippen molar-refractivity contribution in [1.29, 1.82) is 0 Å². The Kier molecular flexibility index (Phi) is 6.60. The Labute approximate surface area is 137 Å². The van der Waals surface area contributed by atoms with E-state index in [-0.39, 0.29) is 0 Å². The molecule has 0 aromatic carbocycles. The standard InChI is InChI=1S/C14H22BrNS3/c1-4-6-16-13(14-11(15)5-7-17-14)12-8-18-9(2)10(3)19-12/h5,7,9-10,12-13,16H,4,6,8H2,1-3H3. The van der Waals surface area contributed by atoms with E-state index in [4.69, 9.17) is 0 Å². The predicted molar refractivity (Wildman–Crippen MR) is 95.8 cm³/mol. The number of halogens is 1. The molecule has 1 aromatic heterocycles. The van der Waals surface area contributed by atoms with Crippen molar-refractivity contribution in [3.63, 3.8) is 0 Å². The van der Waals surface area contributed by atoms with Gasteiger partial charge in [-0.2, -0.15) is 23.5 Å². The molecule has 0 radical (unpaired) electrons. The molecule has 0 saturated carbocycles. The first-order valence-corrected chi connectivity index (χ1v) is 10.5. The van der Waals surface area contributed by atoms with Crippen molar-refractivity contribution in [1.82, 2.24) is 5.32 Å². The zero-order chi connectivity index (χ0) is 13.8. The van der Waals surface area contributed by atoms with Crippen LogP contribution < -0.4 is 5.32 Å². The molecule has 108 valence electrons. The van der Waals surface area contributed by atoms with Gasteiger partial charge in [-0.1, -0.05) is 20.8 Å². The van der Waals surface area contributed by atoms with Crippen LogP contribution in [-0.2, 0) is 0 Å². The van der Waals surface area contributed by atoms with Gasteiger partial charge in [-0.25, -0.2) is 0 Å². The molecule has 1 aliphatic rings. The zero-order valence-corrected chi connectivity index (χ0v) is 15.7. The molecule has 4 atom stereocenters. The van der Waals surface area contributed by atoms with Gasteiger partial charge in [-0.05, 0) is 40.3 Å².